The molecule has 0 aliphatic carbocycles. The normalized spacial score (nSPS) is 44.7. The van der Waals surface area contributed by atoms with Gasteiger partial charge < -0.3 is 14.4 Å². The average Bonchev–Trinajstić information content (AvgIpc) is 2.45. The van der Waals surface area contributed by atoms with Gasteiger partial charge in [-0.25, -0.2) is 0 Å². The van der Waals surface area contributed by atoms with E-state index < -0.39 is 0 Å². The maximum Gasteiger partial charge on any atom is 0.0870 e. The van der Waals surface area contributed by atoms with Gasteiger partial charge in [0.05, 0.1) is 18.8 Å². The third-order valence-electron chi connectivity index (χ3n) is 2.75. The zero-order valence-corrected chi connectivity index (χ0v) is 7.12. The Labute approximate surface area is 67.3 Å². The lowest BCUT2D eigenvalue weighted by molar-refractivity contribution is 0.0502. The predicted octanol–water partition coefficient (Wildman–Crippen LogP) is -0.0382. The maximum absolute atomic E-state index is 5.58. The molecular weight excluding hydrogens is 142 g/mol. The highest BCUT2D eigenvalue weighted by molar-refractivity contribution is 4.92. The van der Waals surface area contributed by atoms with Crippen molar-refractivity contribution < 1.29 is 9.47 Å². The van der Waals surface area contributed by atoms with Gasteiger partial charge in [0.15, 0.2) is 0 Å². The van der Waals surface area contributed by atoms with E-state index >= 15 is 0 Å². The zero-order valence-electron chi connectivity index (χ0n) is 7.12. The van der Waals surface area contributed by atoms with E-state index in [1.165, 1.54) is 0 Å². The molecule has 0 N–H and O–H groups in total. The van der Waals surface area contributed by atoms with Crippen LogP contribution in [0.4, 0.5) is 0 Å². The van der Waals surface area contributed by atoms with Crippen LogP contribution in [0.5, 0.6) is 0 Å². The molecule has 0 bridgehead atoms. The predicted molar refractivity (Wildman–Crippen MR) is 41.5 cm³/mol. The van der Waals surface area contributed by atoms with Gasteiger partial charge in [-0.05, 0) is 7.05 Å². The van der Waals surface area contributed by atoms with Crippen LogP contribution in [-0.2, 0) is 9.47 Å². The summed E-state index contributed by atoms with van der Waals surface area (Å²) >= 11 is 0. The number of ether oxygens (including phenoxy) is 2. The SMILES string of the molecule is CO[C@@H]1CO[C@@H]2CN(C)C[C@H]12. The first kappa shape index (κ1) is 7.53. The molecule has 0 aromatic heterocycles. The second-order valence-corrected chi connectivity index (χ2v) is 3.53. The molecule has 0 unspecified atom stereocenters. The molecule has 0 aromatic rings. The molecular formula is C8H15NO2. The minimum Gasteiger partial charge on any atom is -0.379 e. The summed E-state index contributed by atoms with van der Waals surface area (Å²) in [7, 11) is 3.91. The van der Waals surface area contributed by atoms with Crippen LogP contribution in [-0.4, -0.2) is 51.0 Å². The molecule has 0 aromatic carbocycles. The van der Waals surface area contributed by atoms with E-state index in [4.69, 9.17) is 9.47 Å². The van der Waals surface area contributed by atoms with E-state index in [1.807, 2.05) is 0 Å². The Morgan fingerprint density at radius 2 is 2.27 bits per heavy atom. The number of likely N-dealkylation sites (tertiary alicyclic amines) is 1. The monoisotopic (exact) mass is 157 g/mol. The number of rotatable bonds is 1. The molecule has 2 aliphatic rings. The number of nitrogens with zero attached hydrogens (tertiary/aromatic N) is 1. The molecule has 3 heteroatoms. The minimum atomic E-state index is 0.338. The fourth-order valence-electron chi connectivity index (χ4n) is 2.11. The second-order valence-electron chi connectivity index (χ2n) is 3.53. The van der Waals surface area contributed by atoms with E-state index in [1.54, 1.807) is 7.11 Å². The number of hydrogen-bond acceptors (Lipinski definition) is 3. The number of fused-ring (bicyclic) bond motifs is 1. The summed E-state index contributed by atoms with van der Waals surface area (Å²) in [6.45, 7) is 2.99. The topological polar surface area (TPSA) is 21.7 Å². The van der Waals surface area contributed by atoms with Crippen molar-refractivity contribution in [2.45, 2.75) is 12.2 Å². The lowest BCUT2D eigenvalue weighted by Gasteiger charge is -2.14. The maximum atomic E-state index is 5.58. The lowest BCUT2D eigenvalue weighted by Crippen LogP contribution is -2.25. The molecule has 3 nitrogen and oxygen atoms in total. The van der Waals surface area contributed by atoms with Crippen LogP contribution in [0.1, 0.15) is 0 Å². The van der Waals surface area contributed by atoms with E-state index in [0.29, 0.717) is 18.1 Å². The van der Waals surface area contributed by atoms with Crippen LogP contribution in [0.2, 0.25) is 0 Å². The van der Waals surface area contributed by atoms with Gasteiger partial charge in [0.2, 0.25) is 0 Å². The van der Waals surface area contributed by atoms with Crippen LogP contribution >= 0.6 is 0 Å². The smallest absolute Gasteiger partial charge is 0.0870 e. The molecule has 0 saturated carbocycles. The van der Waals surface area contributed by atoms with Crippen LogP contribution in [0.25, 0.3) is 0 Å². The summed E-state index contributed by atoms with van der Waals surface area (Å²) in [6, 6.07) is 0. The van der Waals surface area contributed by atoms with Crippen molar-refractivity contribution in [2.24, 2.45) is 5.92 Å². The molecule has 11 heavy (non-hydrogen) atoms. The summed E-state index contributed by atoms with van der Waals surface area (Å²) in [5.41, 5.74) is 0. The standard InChI is InChI=1S/C8H15NO2/c1-9-3-6-7(4-9)11-5-8(6)10-2/h6-8H,3-5H2,1-2H3/t6-,7+,8+/m0/s1. The fraction of sp³-hybridized carbons (Fsp3) is 1.00. The van der Waals surface area contributed by atoms with Crippen molar-refractivity contribution in [1.82, 2.24) is 4.90 Å². The molecule has 0 amide bonds. The van der Waals surface area contributed by atoms with Gasteiger partial charge >= 0.3 is 0 Å². The van der Waals surface area contributed by atoms with Crippen LogP contribution in [0.15, 0.2) is 0 Å². The highest BCUT2D eigenvalue weighted by Gasteiger charge is 2.42. The van der Waals surface area contributed by atoms with Crippen LogP contribution < -0.4 is 0 Å². The molecule has 2 aliphatic heterocycles. The third-order valence-corrected chi connectivity index (χ3v) is 2.75. The summed E-state index contributed by atoms with van der Waals surface area (Å²) < 4.78 is 10.9. The fourth-order valence-corrected chi connectivity index (χ4v) is 2.11. The van der Waals surface area contributed by atoms with Crippen molar-refractivity contribution >= 4 is 0 Å². The van der Waals surface area contributed by atoms with Crippen molar-refractivity contribution in [3.63, 3.8) is 0 Å². The Balaban J connectivity index is 2.01. The Morgan fingerprint density at radius 1 is 1.45 bits per heavy atom. The van der Waals surface area contributed by atoms with Gasteiger partial charge in [-0.1, -0.05) is 0 Å². The number of methoxy groups -OCH3 is 1. The molecule has 0 spiro atoms. The van der Waals surface area contributed by atoms with Crippen LogP contribution in [0.3, 0.4) is 0 Å². The first-order chi connectivity index (χ1) is 5.31. The molecule has 2 fully saturated rings. The summed E-state index contributed by atoms with van der Waals surface area (Å²) in [4.78, 5) is 2.31. The van der Waals surface area contributed by atoms with Crippen molar-refractivity contribution in [3.8, 4) is 0 Å². The zero-order chi connectivity index (χ0) is 7.84. The number of likely N-dealkylation sites (N-methyl/N-ethyl adjacent to an activating group) is 1. The van der Waals surface area contributed by atoms with Crippen LogP contribution in [0, 0.1) is 5.92 Å². The molecule has 2 heterocycles. The second kappa shape index (κ2) is 2.73. The highest BCUT2D eigenvalue weighted by atomic mass is 16.5. The lowest BCUT2D eigenvalue weighted by atomic mass is 10.0. The van der Waals surface area contributed by atoms with E-state index in [-0.39, 0.29) is 0 Å². The first-order valence-electron chi connectivity index (χ1n) is 4.14. The molecule has 2 rings (SSSR count). The van der Waals surface area contributed by atoms with E-state index in [9.17, 15) is 0 Å². The largest absolute Gasteiger partial charge is 0.379 e. The summed E-state index contributed by atoms with van der Waals surface area (Å²) in [5.74, 6) is 0.616. The van der Waals surface area contributed by atoms with Gasteiger partial charge in [0, 0.05) is 26.1 Å². The van der Waals surface area contributed by atoms with Gasteiger partial charge in [0.1, 0.15) is 0 Å². The van der Waals surface area contributed by atoms with Gasteiger partial charge in [-0.2, -0.15) is 0 Å². The first-order valence-corrected chi connectivity index (χ1v) is 4.14. The van der Waals surface area contributed by atoms with Crippen molar-refractivity contribution in [1.29, 1.82) is 0 Å². The summed E-state index contributed by atoms with van der Waals surface area (Å²) in [5, 5.41) is 0. The quantitative estimate of drug-likeness (QED) is 0.533. The van der Waals surface area contributed by atoms with Crippen molar-refractivity contribution in [3.05, 3.63) is 0 Å². The van der Waals surface area contributed by atoms with Gasteiger partial charge in [-0.15, -0.1) is 0 Å². The minimum absolute atomic E-state index is 0.338. The highest BCUT2D eigenvalue weighted by Crippen LogP contribution is 2.29. The Bertz CT molecular complexity index is 149. The Kier molecular flexibility index (Phi) is 1.87. The van der Waals surface area contributed by atoms with Crippen molar-refractivity contribution in [2.75, 3.05) is 33.9 Å². The average molecular weight is 157 g/mol. The molecule has 3 atom stereocenters. The third kappa shape index (κ3) is 1.17. The Morgan fingerprint density at radius 3 is 3.00 bits per heavy atom. The summed E-state index contributed by atoms with van der Waals surface area (Å²) in [6.07, 6.45) is 0.773. The molecule has 64 valence electrons. The molecule has 0 radical (unpaired) electrons. The Hall–Kier alpha value is -0.120. The molecule has 2 saturated heterocycles. The van der Waals surface area contributed by atoms with Gasteiger partial charge in [-0.3, -0.25) is 0 Å². The number of hydrogen-bond donors (Lipinski definition) is 0. The van der Waals surface area contributed by atoms with E-state index in [2.05, 4.69) is 11.9 Å². The van der Waals surface area contributed by atoms with Gasteiger partial charge in [0.25, 0.3) is 0 Å². The van der Waals surface area contributed by atoms with E-state index in [0.717, 1.165) is 19.7 Å².